The molecule has 7 heteroatoms. The third-order valence-corrected chi connectivity index (χ3v) is 8.31. The average Bonchev–Trinajstić information content (AvgIpc) is 3.25. The molecule has 37 heavy (non-hydrogen) atoms. The number of thiophene rings is 1. The Morgan fingerprint density at radius 1 is 1.05 bits per heavy atom. The fourth-order valence-electron chi connectivity index (χ4n) is 4.89. The molecule has 1 aliphatic rings. The number of nitrogens with zero attached hydrogens (tertiary/aromatic N) is 1. The number of carbonyl (C=O) groups excluding carboxylic acids is 1. The molecule has 2 aromatic carbocycles. The lowest BCUT2D eigenvalue weighted by atomic mass is 9.72. The molecule has 1 N–H and O–H groups in total. The minimum absolute atomic E-state index is 0.118. The molecule has 196 valence electrons. The third-order valence-electron chi connectivity index (χ3n) is 7.15. The number of nitrogens with one attached hydrogen (secondary N) is 1. The first-order valence-corrected chi connectivity index (χ1v) is 13.3. The van der Waals surface area contributed by atoms with E-state index in [2.05, 4.69) is 26.1 Å². The highest BCUT2D eigenvalue weighted by atomic mass is 32.1. The first-order chi connectivity index (χ1) is 17.7. The molecule has 0 saturated heterocycles. The first-order valence-electron chi connectivity index (χ1n) is 12.5. The second-order valence-electron chi connectivity index (χ2n) is 10.4. The van der Waals surface area contributed by atoms with Gasteiger partial charge in [-0.3, -0.25) is 4.79 Å². The van der Waals surface area contributed by atoms with Crippen LogP contribution in [-0.2, 0) is 12.8 Å². The van der Waals surface area contributed by atoms with Crippen LogP contribution in [0.25, 0.3) is 0 Å². The Labute approximate surface area is 223 Å². The zero-order chi connectivity index (χ0) is 26.7. The summed E-state index contributed by atoms with van der Waals surface area (Å²) < 4.78 is 16.6. The van der Waals surface area contributed by atoms with E-state index in [1.54, 1.807) is 38.9 Å². The number of amides is 1. The van der Waals surface area contributed by atoms with Crippen LogP contribution in [0.5, 0.6) is 17.2 Å². The number of aryl methyl sites for hydroxylation is 1. The van der Waals surface area contributed by atoms with Gasteiger partial charge in [0, 0.05) is 22.3 Å². The van der Waals surface area contributed by atoms with Gasteiger partial charge in [-0.25, -0.2) is 4.99 Å². The number of aliphatic imine (C=N–C) groups is 1. The molecular weight excluding hydrogens is 484 g/mol. The Hall–Kier alpha value is -3.32. The normalized spacial score (nSPS) is 15.4. The van der Waals surface area contributed by atoms with Gasteiger partial charge >= 0.3 is 0 Å². The first kappa shape index (κ1) is 26.7. The van der Waals surface area contributed by atoms with E-state index in [0.717, 1.165) is 41.6 Å². The second kappa shape index (κ2) is 11.0. The van der Waals surface area contributed by atoms with Crippen molar-refractivity contribution in [2.24, 2.45) is 16.3 Å². The van der Waals surface area contributed by atoms with Crippen LogP contribution in [0.15, 0.2) is 41.4 Å². The monoisotopic (exact) mass is 520 g/mol. The number of methoxy groups -OCH3 is 3. The minimum atomic E-state index is -0.118. The van der Waals surface area contributed by atoms with Crippen molar-refractivity contribution in [1.29, 1.82) is 0 Å². The van der Waals surface area contributed by atoms with Crippen LogP contribution >= 0.6 is 11.3 Å². The van der Waals surface area contributed by atoms with Crippen LogP contribution in [0.4, 0.5) is 10.7 Å². The van der Waals surface area contributed by atoms with E-state index in [4.69, 9.17) is 19.2 Å². The van der Waals surface area contributed by atoms with Crippen molar-refractivity contribution in [2.75, 3.05) is 26.6 Å². The Morgan fingerprint density at radius 2 is 1.78 bits per heavy atom. The predicted molar refractivity (Wildman–Crippen MR) is 152 cm³/mol. The summed E-state index contributed by atoms with van der Waals surface area (Å²) in [5.74, 6) is 2.06. The lowest BCUT2D eigenvalue weighted by Gasteiger charge is -2.33. The van der Waals surface area contributed by atoms with Crippen LogP contribution in [0, 0.1) is 18.3 Å². The summed E-state index contributed by atoms with van der Waals surface area (Å²) in [5, 5.41) is 3.84. The molecule has 0 bridgehead atoms. The molecule has 1 aromatic heterocycles. The number of hydrogen-bond acceptors (Lipinski definition) is 6. The molecule has 1 amide bonds. The number of hydrogen-bond donors (Lipinski definition) is 1. The van der Waals surface area contributed by atoms with E-state index < -0.39 is 0 Å². The molecule has 1 atom stereocenters. The van der Waals surface area contributed by atoms with E-state index in [0.29, 0.717) is 33.7 Å². The largest absolute Gasteiger partial charge is 0.493 e. The Balaban J connectivity index is 1.77. The lowest BCUT2D eigenvalue weighted by Crippen LogP contribution is -2.27. The van der Waals surface area contributed by atoms with Crippen LogP contribution in [-0.4, -0.2) is 33.5 Å². The van der Waals surface area contributed by atoms with Gasteiger partial charge in [-0.05, 0) is 66.8 Å². The van der Waals surface area contributed by atoms with Gasteiger partial charge in [0.05, 0.1) is 26.9 Å². The molecule has 0 saturated carbocycles. The summed E-state index contributed by atoms with van der Waals surface area (Å²) in [6, 6.07) is 11.5. The van der Waals surface area contributed by atoms with Gasteiger partial charge in [0.1, 0.15) is 5.00 Å². The maximum Gasteiger partial charge on any atom is 0.259 e. The van der Waals surface area contributed by atoms with Crippen LogP contribution in [0.2, 0.25) is 0 Å². The highest BCUT2D eigenvalue weighted by Crippen LogP contribution is 2.46. The number of anilines is 1. The van der Waals surface area contributed by atoms with Crippen molar-refractivity contribution in [2.45, 2.75) is 47.0 Å². The number of rotatable bonds is 7. The fraction of sp³-hybridized carbons (Fsp3) is 0.400. The molecule has 1 heterocycles. The number of fused-ring (bicyclic) bond motifs is 1. The lowest BCUT2D eigenvalue weighted by molar-refractivity contribution is 0.102. The van der Waals surface area contributed by atoms with Gasteiger partial charge < -0.3 is 19.5 Å². The maximum atomic E-state index is 13.7. The Morgan fingerprint density at radius 3 is 2.43 bits per heavy atom. The number of benzene rings is 2. The summed E-state index contributed by atoms with van der Waals surface area (Å²) in [4.78, 5) is 19.8. The van der Waals surface area contributed by atoms with Crippen molar-refractivity contribution in [3.63, 3.8) is 0 Å². The number of para-hydroxylation sites is 1. The van der Waals surface area contributed by atoms with Crippen molar-refractivity contribution < 1.29 is 19.0 Å². The molecule has 0 radical (unpaired) electrons. The van der Waals surface area contributed by atoms with Gasteiger partial charge in [0.15, 0.2) is 11.5 Å². The molecule has 1 aliphatic carbocycles. The van der Waals surface area contributed by atoms with Gasteiger partial charge in [0.25, 0.3) is 5.91 Å². The number of carbonyl (C=O) groups is 1. The standard InChI is InChI=1S/C30H36N2O4S/c1-18-10-8-9-11-22(18)32-28(33)25-21-14-13-20(30(2,3)4)16-24(21)37-29(25)31-17-19-12-15-23(34-5)27(36-7)26(19)35-6/h8-12,15,17,20H,13-14,16H2,1-7H3,(H,32,33). The molecule has 0 spiro atoms. The van der Waals surface area contributed by atoms with Gasteiger partial charge in [-0.15, -0.1) is 11.3 Å². The van der Waals surface area contributed by atoms with E-state index in [1.165, 1.54) is 4.88 Å². The Kier molecular flexibility index (Phi) is 7.93. The van der Waals surface area contributed by atoms with Gasteiger partial charge in [0.2, 0.25) is 5.75 Å². The van der Waals surface area contributed by atoms with Crippen molar-refractivity contribution >= 4 is 34.1 Å². The summed E-state index contributed by atoms with van der Waals surface area (Å²) in [6.45, 7) is 8.88. The van der Waals surface area contributed by atoms with E-state index >= 15 is 0 Å². The maximum absolute atomic E-state index is 13.7. The van der Waals surface area contributed by atoms with Gasteiger partial charge in [-0.1, -0.05) is 39.0 Å². The molecule has 0 fully saturated rings. The van der Waals surface area contributed by atoms with Crippen molar-refractivity contribution in [1.82, 2.24) is 0 Å². The molecule has 6 nitrogen and oxygen atoms in total. The summed E-state index contributed by atoms with van der Waals surface area (Å²) in [6.07, 6.45) is 4.64. The van der Waals surface area contributed by atoms with E-state index in [9.17, 15) is 4.79 Å². The predicted octanol–water partition coefficient (Wildman–Crippen LogP) is 7.24. The fourth-order valence-corrected chi connectivity index (χ4v) is 6.16. The highest BCUT2D eigenvalue weighted by Gasteiger charge is 2.33. The Bertz CT molecular complexity index is 1320. The van der Waals surface area contributed by atoms with Crippen LogP contribution in [0.1, 0.15) is 59.1 Å². The zero-order valence-corrected chi connectivity index (χ0v) is 23.5. The smallest absolute Gasteiger partial charge is 0.259 e. The summed E-state index contributed by atoms with van der Waals surface area (Å²) >= 11 is 1.62. The summed E-state index contributed by atoms with van der Waals surface area (Å²) in [7, 11) is 4.76. The van der Waals surface area contributed by atoms with E-state index in [-0.39, 0.29) is 11.3 Å². The van der Waals surface area contributed by atoms with Crippen LogP contribution in [0.3, 0.4) is 0 Å². The highest BCUT2D eigenvalue weighted by molar-refractivity contribution is 7.16. The van der Waals surface area contributed by atoms with Gasteiger partial charge in [-0.2, -0.15) is 0 Å². The zero-order valence-electron chi connectivity index (χ0n) is 22.7. The topological polar surface area (TPSA) is 69.2 Å². The quantitative estimate of drug-likeness (QED) is 0.334. The SMILES string of the molecule is COc1ccc(C=Nc2sc3c(c2C(=O)Nc2ccccc2C)CCC(C(C)(C)C)C3)c(OC)c1OC. The average molecular weight is 521 g/mol. The van der Waals surface area contributed by atoms with Crippen molar-refractivity contribution in [3.8, 4) is 17.2 Å². The third kappa shape index (κ3) is 5.52. The minimum Gasteiger partial charge on any atom is -0.493 e. The molecule has 3 aromatic rings. The number of ether oxygens (including phenoxy) is 3. The second-order valence-corrected chi connectivity index (χ2v) is 11.5. The molecule has 1 unspecified atom stereocenters. The summed E-state index contributed by atoms with van der Waals surface area (Å²) in [5.41, 5.74) is 4.58. The molecule has 0 aliphatic heterocycles. The molecule has 4 rings (SSSR count). The van der Waals surface area contributed by atoms with Crippen LogP contribution < -0.4 is 19.5 Å². The molecular formula is C30H36N2O4S. The van der Waals surface area contributed by atoms with E-state index in [1.807, 2.05) is 43.3 Å². The van der Waals surface area contributed by atoms with Crippen molar-refractivity contribution in [3.05, 3.63) is 63.5 Å².